The normalized spacial score (nSPS) is 18.1. The van der Waals surface area contributed by atoms with Gasteiger partial charge in [-0.15, -0.1) is 0 Å². The van der Waals surface area contributed by atoms with E-state index in [0.29, 0.717) is 12.8 Å². The van der Waals surface area contributed by atoms with Gasteiger partial charge in [-0.05, 0) is 12.8 Å². The summed E-state index contributed by atoms with van der Waals surface area (Å²) >= 11 is 0. The van der Waals surface area contributed by atoms with Crippen LogP contribution in [-0.2, 0) is 19.1 Å². The van der Waals surface area contributed by atoms with E-state index in [4.69, 9.17) is 4.74 Å². The molecule has 0 atom stereocenters. The van der Waals surface area contributed by atoms with Crippen molar-refractivity contribution in [2.75, 3.05) is 20.3 Å². The highest BCUT2D eigenvalue weighted by Crippen LogP contribution is 2.29. The molecule has 122 valence electrons. The standard InChI is InChI=1S/C13H20F3NO4/c1-20-11(19)12(6-3-2-4-7-12)17-10(18)5-8-21-9-13(14,15)16/h2-9H2,1H3,(H,17,18). The van der Waals surface area contributed by atoms with Crippen LogP contribution < -0.4 is 5.32 Å². The zero-order valence-corrected chi connectivity index (χ0v) is 11.9. The molecule has 8 heteroatoms. The van der Waals surface area contributed by atoms with Crippen LogP contribution in [0.1, 0.15) is 38.5 Å². The van der Waals surface area contributed by atoms with Crippen LogP contribution in [0.2, 0.25) is 0 Å². The molecule has 0 bridgehead atoms. The van der Waals surface area contributed by atoms with Gasteiger partial charge < -0.3 is 14.8 Å². The molecule has 1 amide bonds. The Hall–Kier alpha value is -1.31. The topological polar surface area (TPSA) is 64.6 Å². The summed E-state index contributed by atoms with van der Waals surface area (Å²) in [5.41, 5.74) is -1.05. The lowest BCUT2D eigenvalue weighted by Gasteiger charge is -2.35. The zero-order valence-electron chi connectivity index (χ0n) is 11.9. The third-order valence-electron chi connectivity index (χ3n) is 3.40. The van der Waals surface area contributed by atoms with Gasteiger partial charge in [-0.25, -0.2) is 4.79 Å². The number of halogens is 3. The van der Waals surface area contributed by atoms with E-state index in [1.807, 2.05) is 0 Å². The minimum Gasteiger partial charge on any atom is -0.467 e. The first-order chi connectivity index (χ1) is 9.79. The molecule has 1 fully saturated rings. The van der Waals surface area contributed by atoms with E-state index in [1.165, 1.54) is 7.11 Å². The molecule has 0 spiro atoms. The van der Waals surface area contributed by atoms with Crippen LogP contribution in [-0.4, -0.2) is 43.9 Å². The van der Waals surface area contributed by atoms with Crippen molar-refractivity contribution in [3.63, 3.8) is 0 Å². The first-order valence-electron chi connectivity index (χ1n) is 6.83. The van der Waals surface area contributed by atoms with Gasteiger partial charge >= 0.3 is 12.1 Å². The molecule has 1 aliphatic rings. The highest BCUT2D eigenvalue weighted by atomic mass is 19.4. The van der Waals surface area contributed by atoms with Crippen molar-refractivity contribution >= 4 is 11.9 Å². The van der Waals surface area contributed by atoms with Crippen LogP contribution in [0.5, 0.6) is 0 Å². The molecular formula is C13H20F3NO4. The van der Waals surface area contributed by atoms with Crippen LogP contribution in [0.25, 0.3) is 0 Å². The van der Waals surface area contributed by atoms with Crippen LogP contribution >= 0.6 is 0 Å². The van der Waals surface area contributed by atoms with E-state index in [2.05, 4.69) is 10.1 Å². The molecule has 21 heavy (non-hydrogen) atoms. The van der Waals surface area contributed by atoms with Gasteiger partial charge in [0.25, 0.3) is 0 Å². The smallest absolute Gasteiger partial charge is 0.411 e. The summed E-state index contributed by atoms with van der Waals surface area (Å²) in [4.78, 5) is 23.7. The molecule has 0 aromatic carbocycles. The van der Waals surface area contributed by atoms with Crippen LogP contribution in [0, 0.1) is 0 Å². The van der Waals surface area contributed by atoms with Crippen molar-refractivity contribution in [1.82, 2.24) is 5.32 Å². The number of hydrogen-bond donors (Lipinski definition) is 1. The van der Waals surface area contributed by atoms with Crippen LogP contribution in [0.4, 0.5) is 13.2 Å². The molecule has 1 aliphatic carbocycles. The fourth-order valence-corrected chi connectivity index (χ4v) is 2.41. The van der Waals surface area contributed by atoms with E-state index >= 15 is 0 Å². The number of nitrogens with one attached hydrogen (secondary N) is 1. The molecule has 1 saturated carbocycles. The zero-order chi connectivity index (χ0) is 15.9. The Balaban J connectivity index is 2.44. The van der Waals surface area contributed by atoms with Crippen molar-refractivity contribution in [3.05, 3.63) is 0 Å². The third kappa shape index (κ3) is 5.91. The number of alkyl halides is 3. The maximum atomic E-state index is 11.9. The molecule has 0 radical (unpaired) electrons. The molecule has 0 heterocycles. The Morgan fingerprint density at radius 1 is 1.19 bits per heavy atom. The van der Waals surface area contributed by atoms with E-state index in [0.717, 1.165) is 19.3 Å². The second-order valence-corrected chi connectivity index (χ2v) is 5.10. The van der Waals surface area contributed by atoms with Crippen molar-refractivity contribution < 1.29 is 32.2 Å². The van der Waals surface area contributed by atoms with E-state index in [1.54, 1.807) is 0 Å². The molecule has 1 rings (SSSR count). The Labute approximate surface area is 121 Å². The number of rotatable bonds is 6. The van der Waals surface area contributed by atoms with Gasteiger partial charge in [-0.1, -0.05) is 19.3 Å². The van der Waals surface area contributed by atoms with Gasteiger partial charge in [0.1, 0.15) is 12.1 Å². The molecule has 1 N–H and O–H groups in total. The summed E-state index contributed by atoms with van der Waals surface area (Å²) in [5, 5.41) is 2.61. The second-order valence-electron chi connectivity index (χ2n) is 5.10. The first kappa shape index (κ1) is 17.7. The number of esters is 1. The Morgan fingerprint density at radius 3 is 2.33 bits per heavy atom. The summed E-state index contributed by atoms with van der Waals surface area (Å²) in [6.07, 6.45) is -1.12. The van der Waals surface area contributed by atoms with Gasteiger partial charge in [0.2, 0.25) is 5.91 Å². The third-order valence-corrected chi connectivity index (χ3v) is 3.40. The minimum atomic E-state index is -4.41. The lowest BCUT2D eigenvalue weighted by atomic mass is 9.81. The largest absolute Gasteiger partial charge is 0.467 e. The van der Waals surface area contributed by atoms with Crippen molar-refractivity contribution in [2.24, 2.45) is 0 Å². The van der Waals surface area contributed by atoms with Crippen molar-refractivity contribution in [2.45, 2.75) is 50.2 Å². The summed E-state index contributed by atoms with van der Waals surface area (Å²) < 4.78 is 44.7. The SMILES string of the molecule is COC(=O)C1(NC(=O)CCOCC(F)(F)F)CCCCC1. The monoisotopic (exact) mass is 311 g/mol. The molecule has 0 saturated heterocycles. The summed E-state index contributed by atoms with van der Waals surface area (Å²) in [7, 11) is 1.25. The predicted octanol–water partition coefficient (Wildman–Crippen LogP) is 1.95. The van der Waals surface area contributed by atoms with Crippen LogP contribution in [0.15, 0.2) is 0 Å². The molecule has 0 aliphatic heterocycles. The van der Waals surface area contributed by atoms with Crippen LogP contribution in [0.3, 0.4) is 0 Å². The van der Waals surface area contributed by atoms with Crippen molar-refractivity contribution in [1.29, 1.82) is 0 Å². The second kappa shape index (κ2) is 7.63. The van der Waals surface area contributed by atoms with Gasteiger partial charge in [-0.3, -0.25) is 4.79 Å². The average Bonchev–Trinajstić information content (AvgIpc) is 2.42. The number of carbonyl (C=O) groups excluding carboxylic acids is 2. The molecule has 5 nitrogen and oxygen atoms in total. The quantitative estimate of drug-likeness (QED) is 0.601. The summed E-state index contributed by atoms with van der Waals surface area (Å²) in [5.74, 6) is -1.02. The van der Waals surface area contributed by atoms with E-state index < -0.39 is 30.2 Å². The van der Waals surface area contributed by atoms with Gasteiger partial charge in [0.15, 0.2) is 0 Å². The first-order valence-corrected chi connectivity index (χ1v) is 6.83. The fourth-order valence-electron chi connectivity index (χ4n) is 2.41. The lowest BCUT2D eigenvalue weighted by Crippen LogP contribution is -2.56. The van der Waals surface area contributed by atoms with Gasteiger partial charge in [0, 0.05) is 6.42 Å². The highest BCUT2D eigenvalue weighted by molar-refractivity contribution is 5.88. The van der Waals surface area contributed by atoms with Gasteiger partial charge in [-0.2, -0.15) is 13.2 Å². The molecule has 0 aromatic rings. The van der Waals surface area contributed by atoms with Gasteiger partial charge in [0.05, 0.1) is 13.7 Å². The van der Waals surface area contributed by atoms with E-state index in [9.17, 15) is 22.8 Å². The fraction of sp³-hybridized carbons (Fsp3) is 0.846. The Morgan fingerprint density at radius 2 is 1.81 bits per heavy atom. The lowest BCUT2D eigenvalue weighted by molar-refractivity contribution is -0.174. The average molecular weight is 311 g/mol. The summed E-state index contributed by atoms with van der Waals surface area (Å²) in [6, 6.07) is 0. The predicted molar refractivity (Wildman–Crippen MR) is 67.5 cm³/mol. The molecular weight excluding hydrogens is 291 g/mol. The maximum absolute atomic E-state index is 11.9. The van der Waals surface area contributed by atoms with Crippen molar-refractivity contribution in [3.8, 4) is 0 Å². The number of methoxy groups -OCH3 is 1. The Kier molecular flexibility index (Phi) is 6.44. The van der Waals surface area contributed by atoms with E-state index in [-0.39, 0.29) is 13.0 Å². The summed E-state index contributed by atoms with van der Waals surface area (Å²) in [6.45, 7) is -1.73. The molecule has 0 unspecified atom stereocenters. The number of ether oxygens (including phenoxy) is 2. The molecule has 0 aromatic heterocycles. The highest BCUT2D eigenvalue weighted by Gasteiger charge is 2.41. The number of amides is 1. The number of hydrogen-bond acceptors (Lipinski definition) is 4. The number of carbonyl (C=O) groups is 2. The minimum absolute atomic E-state index is 0.227. The Bertz CT molecular complexity index is 365. The maximum Gasteiger partial charge on any atom is 0.411 e.